The van der Waals surface area contributed by atoms with Crippen LogP contribution in [0.15, 0.2) is 23.6 Å². The van der Waals surface area contributed by atoms with Gasteiger partial charge in [-0.05, 0) is 19.0 Å². The summed E-state index contributed by atoms with van der Waals surface area (Å²) in [5, 5.41) is 13.7. The Morgan fingerprint density at radius 3 is 2.86 bits per heavy atom. The average Bonchev–Trinajstić information content (AvgIpc) is 3.05. The number of aromatic amines is 1. The molecule has 0 aromatic carbocycles. The number of hydrogen-bond acceptors (Lipinski definition) is 5. The first-order valence-electron chi connectivity index (χ1n) is 6.74. The van der Waals surface area contributed by atoms with E-state index in [1.807, 2.05) is 20.0 Å². The van der Waals surface area contributed by atoms with Crippen LogP contribution in [0.25, 0.3) is 0 Å². The van der Waals surface area contributed by atoms with Crippen molar-refractivity contribution in [3.05, 3.63) is 29.7 Å². The third kappa shape index (κ3) is 4.13. The normalized spacial score (nSPS) is 11.9. The van der Waals surface area contributed by atoms with Crippen LogP contribution in [0.5, 0.6) is 0 Å². The summed E-state index contributed by atoms with van der Waals surface area (Å²) in [6.45, 7) is 5.86. The van der Waals surface area contributed by atoms with Gasteiger partial charge in [0.05, 0.1) is 18.9 Å². The van der Waals surface area contributed by atoms with E-state index in [4.69, 9.17) is 0 Å². The number of rotatable bonds is 8. The highest BCUT2D eigenvalue weighted by Gasteiger charge is 2.20. The van der Waals surface area contributed by atoms with Crippen molar-refractivity contribution in [2.45, 2.75) is 32.0 Å². The zero-order chi connectivity index (χ0) is 15.3. The van der Waals surface area contributed by atoms with Crippen LogP contribution in [0, 0.1) is 6.92 Å². The van der Waals surface area contributed by atoms with E-state index >= 15 is 0 Å². The fourth-order valence-electron chi connectivity index (χ4n) is 1.87. The number of aromatic nitrogens is 4. The third-order valence-corrected chi connectivity index (χ3v) is 4.38. The first-order valence-corrected chi connectivity index (χ1v) is 8.23. The Kier molecular flexibility index (Phi) is 5.10. The van der Waals surface area contributed by atoms with Crippen LogP contribution in [-0.4, -0.2) is 41.5 Å². The summed E-state index contributed by atoms with van der Waals surface area (Å²) in [5.74, 6) is 0. The Hall–Kier alpha value is -1.71. The molecule has 0 aliphatic carbocycles. The summed E-state index contributed by atoms with van der Waals surface area (Å²) in [4.78, 5) is 0. The summed E-state index contributed by atoms with van der Waals surface area (Å²) in [6, 6.07) is 0. The Morgan fingerprint density at radius 1 is 1.38 bits per heavy atom. The molecule has 0 radical (unpaired) electrons. The minimum Gasteiger partial charge on any atom is -0.313 e. The largest absolute Gasteiger partial charge is 0.313 e. The zero-order valence-corrected chi connectivity index (χ0v) is 12.9. The van der Waals surface area contributed by atoms with Crippen molar-refractivity contribution in [3.63, 3.8) is 0 Å². The number of sulfonamides is 1. The van der Waals surface area contributed by atoms with Gasteiger partial charge in [0.1, 0.15) is 0 Å². The lowest BCUT2D eigenvalue weighted by Gasteiger charge is -2.07. The number of hydrogen-bond donors (Lipinski definition) is 3. The van der Waals surface area contributed by atoms with Crippen molar-refractivity contribution < 1.29 is 8.42 Å². The van der Waals surface area contributed by atoms with Crippen molar-refractivity contribution >= 4 is 10.0 Å². The quantitative estimate of drug-likeness (QED) is 0.636. The van der Waals surface area contributed by atoms with Crippen molar-refractivity contribution in [3.8, 4) is 0 Å². The summed E-state index contributed by atoms with van der Waals surface area (Å²) >= 11 is 0. The van der Waals surface area contributed by atoms with Crippen LogP contribution >= 0.6 is 0 Å². The van der Waals surface area contributed by atoms with Crippen LogP contribution < -0.4 is 10.0 Å². The van der Waals surface area contributed by atoms with Gasteiger partial charge in [0, 0.05) is 24.8 Å². The highest BCUT2D eigenvalue weighted by molar-refractivity contribution is 7.89. The molecule has 9 heteroatoms. The number of H-pyrrole nitrogens is 1. The van der Waals surface area contributed by atoms with E-state index in [2.05, 4.69) is 25.3 Å². The predicted octanol–water partition coefficient (Wildman–Crippen LogP) is 0.00262. The Bertz CT molecular complexity index is 675. The van der Waals surface area contributed by atoms with E-state index in [0.29, 0.717) is 18.7 Å². The van der Waals surface area contributed by atoms with Crippen LogP contribution in [-0.2, 0) is 23.1 Å². The monoisotopic (exact) mass is 312 g/mol. The van der Waals surface area contributed by atoms with Gasteiger partial charge >= 0.3 is 0 Å². The van der Waals surface area contributed by atoms with E-state index in [0.717, 1.165) is 12.1 Å². The van der Waals surface area contributed by atoms with Gasteiger partial charge in [-0.2, -0.15) is 10.2 Å². The molecule has 0 saturated heterocycles. The summed E-state index contributed by atoms with van der Waals surface area (Å²) < 4.78 is 28.7. The second kappa shape index (κ2) is 6.83. The highest BCUT2D eigenvalue weighted by Crippen LogP contribution is 2.11. The molecule has 21 heavy (non-hydrogen) atoms. The zero-order valence-electron chi connectivity index (χ0n) is 12.1. The molecule has 2 heterocycles. The molecule has 0 aliphatic heterocycles. The lowest BCUT2D eigenvalue weighted by atomic mass is 10.3. The molecule has 0 fully saturated rings. The van der Waals surface area contributed by atoms with Gasteiger partial charge in [-0.1, -0.05) is 6.92 Å². The van der Waals surface area contributed by atoms with Crippen LogP contribution in [0.1, 0.15) is 18.1 Å². The molecular weight excluding hydrogens is 292 g/mol. The van der Waals surface area contributed by atoms with Crippen LogP contribution in [0.4, 0.5) is 0 Å². The fraction of sp³-hybridized carbons (Fsp3) is 0.500. The second-order valence-corrected chi connectivity index (χ2v) is 6.39. The minimum atomic E-state index is -3.59. The standard InChI is InChI=1S/C12H20N6O2S/c1-3-13-7-11-8-14-17-12(11)21(19,20)16-4-5-18-9-10(2)6-15-18/h6,8-9,13,16H,3-5,7H2,1-2H3,(H,14,17). The maximum absolute atomic E-state index is 12.2. The van der Waals surface area contributed by atoms with Gasteiger partial charge in [0.15, 0.2) is 5.03 Å². The van der Waals surface area contributed by atoms with E-state index in [1.54, 1.807) is 10.9 Å². The highest BCUT2D eigenvalue weighted by atomic mass is 32.2. The fourth-order valence-corrected chi connectivity index (χ4v) is 3.02. The van der Waals surface area contributed by atoms with Gasteiger partial charge in [-0.3, -0.25) is 9.78 Å². The average molecular weight is 312 g/mol. The molecule has 3 N–H and O–H groups in total. The third-order valence-electron chi connectivity index (χ3n) is 2.91. The van der Waals surface area contributed by atoms with Gasteiger partial charge in [0.25, 0.3) is 10.0 Å². The van der Waals surface area contributed by atoms with E-state index in [1.165, 1.54) is 6.20 Å². The Labute approximate surface area is 124 Å². The first-order chi connectivity index (χ1) is 10.0. The molecular formula is C12H20N6O2S. The molecule has 2 aromatic rings. The molecule has 0 aliphatic rings. The maximum Gasteiger partial charge on any atom is 0.257 e. The Balaban J connectivity index is 1.96. The van der Waals surface area contributed by atoms with Crippen molar-refractivity contribution in [1.29, 1.82) is 0 Å². The Morgan fingerprint density at radius 2 is 2.19 bits per heavy atom. The lowest BCUT2D eigenvalue weighted by molar-refractivity contribution is 0.555. The van der Waals surface area contributed by atoms with Crippen molar-refractivity contribution in [1.82, 2.24) is 30.0 Å². The van der Waals surface area contributed by atoms with Gasteiger partial charge in [-0.25, -0.2) is 13.1 Å². The molecule has 0 atom stereocenters. The van der Waals surface area contributed by atoms with E-state index in [9.17, 15) is 8.42 Å². The first kappa shape index (κ1) is 15.7. The molecule has 8 nitrogen and oxygen atoms in total. The van der Waals surface area contributed by atoms with Crippen molar-refractivity contribution in [2.24, 2.45) is 0 Å². The SMILES string of the molecule is CCNCc1cn[nH]c1S(=O)(=O)NCCn1cc(C)cn1. The van der Waals surface area contributed by atoms with Crippen LogP contribution in [0.2, 0.25) is 0 Å². The van der Waals surface area contributed by atoms with Gasteiger partial charge < -0.3 is 5.32 Å². The van der Waals surface area contributed by atoms with E-state index in [-0.39, 0.29) is 11.6 Å². The second-order valence-electron chi connectivity index (χ2n) is 4.68. The summed E-state index contributed by atoms with van der Waals surface area (Å²) in [6.07, 6.45) is 5.12. The summed E-state index contributed by atoms with van der Waals surface area (Å²) in [5.41, 5.74) is 1.67. The number of aryl methyl sites for hydroxylation is 1. The molecule has 2 aromatic heterocycles. The van der Waals surface area contributed by atoms with E-state index < -0.39 is 10.0 Å². The van der Waals surface area contributed by atoms with Gasteiger partial charge in [-0.15, -0.1) is 0 Å². The molecule has 0 spiro atoms. The molecule has 116 valence electrons. The van der Waals surface area contributed by atoms with Crippen molar-refractivity contribution in [2.75, 3.05) is 13.1 Å². The molecule has 0 unspecified atom stereocenters. The molecule has 0 saturated carbocycles. The minimum absolute atomic E-state index is 0.111. The molecule has 0 bridgehead atoms. The molecule has 0 amide bonds. The smallest absolute Gasteiger partial charge is 0.257 e. The number of nitrogens with one attached hydrogen (secondary N) is 3. The predicted molar refractivity (Wildman–Crippen MR) is 78.1 cm³/mol. The lowest BCUT2D eigenvalue weighted by Crippen LogP contribution is -2.29. The van der Waals surface area contributed by atoms with Gasteiger partial charge in [0.2, 0.25) is 0 Å². The topological polar surface area (TPSA) is 105 Å². The van der Waals surface area contributed by atoms with Crippen LogP contribution in [0.3, 0.4) is 0 Å². The number of nitrogens with zero attached hydrogens (tertiary/aromatic N) is 3. The maximum atomic E-state index is 12.2. The molecule has 2 rings (SSSR count). The summed E-state index contributed by atoms with van der Waals surface area (Å²) in [7, 11) is -3.59.